The highest BCUT2D eigenvalue weighted by Crippen LogP contribution is 2.43. The minimum atomic E-state index is 0.106. The summed E-state index contributed by atoms with van der Waals surface area (Å²) in [6.07, 6.45) is 11.6. The zero-order valence-electron chi connectivity index (χ0n) is 21.9. The summed E-state index contributed by atoms with van der Waals surface area (Å²) < 4.78 is 6.14. The van der Waals surface area contributed by atoms with Gasteiger partial charge in [-0.3, -0.25) is 14.7 Å². The first kappa shape index (κ1) is 25.3. The number of ether oxygens (including phenoxy) is 1. The maximum atomic E-state index is 13.2. The second-order valence-electron chi connectivity index (χ2n) is 10.9. The predicted octanol–water partition coefficient (Wildman–Crippen LogP) is 6.79. The number of pyridine rings is 2. The molecular weight excluding hydrogens is 496 g/mol. The van der Waals surface area contributed by atoms with Crippen molar-refractivity contribution < 1.29 is 9.53 Å². The summed E-state index contributed by atoms with van der Waals surface area (Å²) >= 11 is 6.03. The highest BCUT2D eigenvalue weighted by molar-refractivity contribution is 6.30. The number of nitrogens with one attached hydrogen (secondary N) is 1. The molecule has 1 N–H and O–H groups in total. The number of carbonyl (C=O) groups is 1. The molecule has 1 saturated carbocycles. The molecule has 6 nitrogen and oxygen atoms in total. The lowest BCUT2D eigenvalue weighted by atomic mass is 9.72. The molecule has 0 spiro atoms. The van der Waals surface area contributed by atoms with Crippen LogP contribution in [0.4, 0.5) is 0 Å². The van der Waals surface area contributed by atoms with Crippen LogP contribution in [0.2, 0.25) is 5.02 Å². The fourth-order valence-corrected chi connectivity index (χ4v) is 6.90. The number of carbonyl (C=O) groups excluding carboxylic acids is 1. The minimum Gasteiger partial charge on any atom is -0.493 e. The number of likely N-dealkylation sites (tertiary alicyclic amines) is 1. The van der Waals surface area contributed by atoms with Gasteiger partial charge in [-0.25, -0.2) is 4.98 Å². The third kappa shape index (κ3) is 5.04. The molecule has 4 atom stereocenters. The Labute approximate surface area is 228 Å². The van der Waals surface area contributed by atoms with Crippen molar-refractivity contribution >= 4 is 39.3 Å². The molecule has 1 aliphatic heterocycles. The fourth-order valence-electron chi connectivity index (χ4n) is 6.77. The van der Waals surface area contributed by atoms with Gasteiger partial charge >= 0.3 is 0 Å². The lowest BCUT2D eigenvalue weighted by Crippen LogP contribution is -2.51. The van der Waals surface area contributed by atoms with E-state index in [9.17, 15) is 4.79 Å². The Balaban J connectivity index is 1.24. The maximum absolute atomic E-state index is 13.2. The molecule has 0 bridgehead atoms. The normalized spacial score (nSPS) is 24.6. The predicted molar refractivity (Wildman–Crippen MR) is 152 cm³/mol. The second kappa shape index (κ2) is 11.0. The quantitative estimate of drug-likeness (QED) is 0.285. The van der Waals surface area contributed by atoms with Crippen molar-refractivity contribution in [3.63, 3.8) is 0 Å². The molecule has 1 saturated heterocycles. The number of hydrogen-bond donors (Lipinski definition) is 1. The maximum Gasteiger partial charge on any atom is 0.137 e. The summed E-state index contributed by atoms with van der Waals surface area (Å²) in [6.45, 7) is 4.72. The lowest BCUT2D eigenvalue weighted by Gasteiger charge is -2.45. The average molecular weight is 531 g/mol. The van der Waals surface area contributed by atoms with Gasteiger partial charge in [0, 0.05) is 59.0 Å². The van der Waals surface area contributed by atoms with Crippen molar-refractivity contribution in [3.8, 4) is 5.75 Å². The number of nitrogens with zero attached hydrogens (tertiary/aromatic N) is 3. The third-order valence-corrected chi connectivity index (χ3v) is 8.91. The molecule has 38 heavy (non-hydrogen) atoms. The first-order chi connectivity index (χ1) is 18.6. The van der Waals surface area contributed by atoms with Gasteiger partial charge in [0.1, 0.15) is 17.2 Å². The number of piperidine rings is 1. The summed E-state index contributed by atoms with van der Waals surface area (Å²) in [6, 6.07) is 12.2. The molecule has 1 aromatic carbocycles. The molecule has 2 aliphatic rings. The van der Waals surface area contributed by atoms with E-state index in [-0.39, 0.29) is 12.0 Å². The van der Waals surface area contributed by atoms with Gasteiger partial charge in [-0.2, -0.15) is 0 Å². The molecule has 198 valence electrons. The largest absolute Gasteiger partial charge is 0.493 e. The van der Waals surface area contributed by atoms with E-state index in [1.807, 2.05) is 49.8 Å². The van der Waals surface area contributed by atoms with Crippen LogP contribution in [0.1, 0.15) is 56.9 Å². The number of rotatable bonds is 7. The standard InChI is InChI=1S/C31H35ClN4O2/c1-2-29(37)25-10-5-21(24-11-13-33-27-17-35-31-26(30(24)27)12-14-34-31)16-28(25)36-15-3-4-20(18-36)19-38-23-8-6-22(32)7-9-23/h6-9,11-14,17,20-21,25,28H,2-5,10,15-16,18-19H2,1H3,(H,34,35). The molecule has 0 amide bonds. The van der Waals surface area contributed by atoms with Gasteiger partial charge < -0.3 is 9.72 Å². The van der Waals surface area contributed by atoms with E-state index >= 15 is 0 Å². The Morgan fingerprint density at radius 2 is 2.00 bits per heavy atom. The summed E-state index contributed by atoms with van der Waals surface area (Å²) in [5, 5.41) is 3.05. The van der Waals surface area contributed by atoms with E-state index in [1.54, 1.807) is 0 Å². The van der Waals surface area contributed by atoms with E-state index in [4.69, 9.17) is 16.3 Å². The van der Waals surface area contributed by atoms with Gasteiger partial charge in [0.25, 0.3) is 0 Å². The zero-order chi connectivity index (χ0) is 26.1. The van der Waals surface area contributed by atoms with Crippen molar-refractivity contribution in [2.45, 2.75) is 57.4 Å². The topological polar surface area (TPSA) is 71.1 Å². The van der Waals surface area contributed by atoms with Gasteiger partial charge in [-0.05, 0) is 86.5 Å². The number of Topliss-reactive ketones (excluding diaryl/α,β-unsaturated/α-hetero) is 1. The van der Waals surface area contributed by atoms with E-state index in [0.29, 0.717) is 30.6 Å². The number of aromatic nitrogens is 3. The molecule has 2 fully saturated rings. The molecule has 4 heterocycles. The van der Waals surface area contributed by atoms with Crippen LogP contribution in [0.3, 0.4) is 0 Å². The highest BCUT2D eigenvalue weighted by atomic mass is 35.5. The summed E-state index contributed by atoms with van der Waals surface area (Å²) in [5.41, 5.74) is 3.18. The van der Waals surface area contributed by atoms with Crippen LogP contribution in [0.5, 0.6) is 5.75 Å². The van der Waals surface area contributed by atoms with E-state index in [1.165, 1.54) is 10.9 Å². The first-order valence-electron chi connectivity index (χ1n) is 14.0. The van der Waals surface area contributed by atoms with Crippen molar-refractivity contribution in [1.29, 1.82) is 0 Å². The molecule has 4 unspecified atom stereocenters. The van der Waals surface area contributed by atoms with Gasteiger partial charge in [-0.15, -0.1) is 0 Å². The van der Waals surface area contributed by atoms with Crippen LogP contribution in [-0.4, -0.2) is 51.4 Å². The van der Waals surface area contributed by atoms with Crippen LogP contribution in [0.15, 0.2) is 55.0 Å². The third-order valence-electron chi connectivity index (χ3n) is 8.66. The molecule has 6 rings (SSSR count). The Hall–Kier alpha value is -2.96. The molecule has 0 radical (unpaired) electrons. The van der Waals surface area contributed by atoms with Crippen molar-refractivity contribution in [1.82, 2.24) is 19.9 Å². The molecule has 1 aliphatic carbocycles. The number of halogens is 1. The number of ketones is 1. The van der Waals surface area contributed by atoms with Crippen LogP contribution in [0.25, 0.3) is 21.9 Å². The van der Waals surface area contributed by atoms with Crippen molar-refractivity contribution in [2.75, 3.05) is 19.7 Å². The zero-order valence-corrected chi connectivity index (χ0v) is 22.7. The summed E-state index contributed by atoms with van der Waals surface area (Å²) in [5.74, 6) is 2.21. The molecule has 3 aromatic heterocycles. The first-order valence-corrected chi connectivity index (χ1v) is 14.3. The smallest absolute Gasteiger partial charge is 0.137 e. The van der Waals surface area contributed by atoms with Crippen molar-refractivity contribution in [2.24, 2.45) is 11.8 Å². The van der Waals surface area contributed by atoms with E-state index in [2.05, 4.69) is 32.0 Å². The Bertz CT molecular complexity index is 1420. The number of aromatic amines is 1. The molecule has 7 heteroatoms. The van der Waals surface area contributed by atoms with E-state index < -0.39 is 0 Å². The summed E-state index contributed by atoms with van der Waals surface area (Å²) in [4.78, 5) is 28.2. The number of benzene rings is 1. The Kier molecular flexibility index (Phi) is 7.35. The summed E-state index contributed by atoms with van der Waals surface area (Å²) in [7, 11) is 0. The highest BCUT2D eigenvalue weighted by Gasteiger charge is 2.40. The Morgan fingerprint density at radius 3 is 2.84 bits per heavy atom. The number of fused-ring (bicyclic) bond motifs is 3. The van der Waals surface area contributed by atoms with Gasteiger partial charge in [0.05, 0.1) is 18.3 Å². The lowest BCUT2D eigenvalue weighted by molar-refractivity contribution is -0.126. The Morgan fingerprint density at radius 1 is 1.13 bits per heavy atom. The van der Waals surface area contributed by atoms with Crippen LogP contribution >= 0.6 is 11.6 Å². The van der Waals surface area contributed by atoms with Gasteiger partial charge in [0.15, 0.2) is 0 Å². The second-order valence-corrected chi connectivity index (χ2v) is 11.4. The SMILES string of the molecule is CCC(=O)C1CCC(c2ccnc3cnc4[nH]ccc4c23)CC1N1CCCC(COc2ccc(Cl)cc2)C1. The average Bonchev–Trinajstić information content (AvgIpc) is 3.45. The van der Waals surface area contributed by atoms with Crippen LogP contribution < -0.4 is 4.74 Å². The van der Waals surface area contributed by atoms with Crippen molar-refractivity contribution in [3.05, 3.63) is 65.6 Å². The monoisotopic (exact) mass is 530 g/mol. The number of H-pyrrole nitrogens is 1. The molecule has 4 aromatic rings. The van der Waals surface area contributed by atoms with Gasteiger partial charge in [-0.1, -0.05) is 18.5 Å². The van der Waals surface area contributed by atoms with Crippen LogP contribution in [-0.2, 0) is 4.79 Å². The minimum absolute atomic E-state index is 0.106. The van der Waals surface area contributed by atoms with Gasteiger partial charge in [0.2, 0.25) is 0 Å². The van der Waals surface area contributed by atoms with E-state index in [0.717, 1.165) is 72.5 Å². The fraction of sp³-hybridized carbons (Fsp3) is 0.452. The number of hydrogen-bond acceptors (Lipinski definition) is 5. The van der Waals surface area contributed by atoms with Crippen LogP contribution in [0, 0.1) is 11.8 Å². The molecular formula is C31H35ClN4O2.